The number of carbonyl (C=O) groups is 1. The Hall–Kier alpha value is -1.06. The highest BCUT2D eigenvalue weighted by Gasteiger charge is 2.01. The molecule has 0 aliphatic carbocycles. The second-order valence-electron chi connectivity index (χ2n) is 3.27. The number of halogens is 1. The van der Waals surface area contributed by atoms with Gasteiger partial charge in [0, 0.05) is 10.1 Å². The van der Waals surface area contributed by atoms with Gasteiger partial charge in [-0.15, -0.1) is 5.73 Å². The molecule has 84 valence electrons. The van der Waals surface area contributed by atoms with Gasteiger partial charge >= 0.3 is 0 Å². The van der Waals surface area contributed by atoms with Crippen molar-refractivity contribution in [3.8, 4) is 0 Å². The van der Waals surface area contributed by atoms with Gasteiger partial charge in [0.25, 0.3) is 0 Å². The fourth-order valence-corrected chi connectivity index (χ4v) is 1.55. The number of nitrogens with one attached hydrogen (secondary N) is 1. The number of carbonyl (C=O) groups excluding carboxylic acids is 1. The zero-order chi connectivity index (χ0) is 11.8. The van der Waals surface area contributed by atoms with Gasteiger partial charge < -0.3 is 5.32 Å². The molecule has 1 rings (SSSR count). The molecule has 0 bridgehead atoms. The van der Waals surface area contributed by atoms with Crippen LogP contribution in [0.3, 0.4) is 0 Å². The molecule has 0 heterocycles. The molecule has 1 aromatic rings. The minimum Gasteiger partial charge on any atom is -0.352 e. The van der Waals surface area contributed by atoms with E-state index in [-0.39, 0.29) is 5.91 Å². The van der Waals surface area contributed by atoms with Crippen molar-refractivity contribution >= 4 is 28.5 Å². The van der Waals surface area contributed by atoms with Crippen molar-refractivity contribution in [1.29, 1.82) is 0 Å². The Bertz CT molecular complexity index is 402. The second-order valence-corrected chi connectivity index (χ2v) is 4.51. The van der Waals surface area contributed by atoms with Gasteiger partial charge in [-0.2, -0.15) is 0 Å². The summed E-state index contributed by atoms with van der Waals surface area (Å²) in [5.74, 6) is 0.0374. The van der Waals surface area contributed by atoms with Crippen LogP contribution < -0.4 is 5.32 Å². The van der Waals surface area contributed by atoms with Crippen molar-refractivity contribution < 1.29 is 4.79 Å². The van der Waals surface area contributed by atoms with Gasteiger partial charge in [0.2, 0.25) is 5.91 Å². The maximum atomic E-state index is 11.5. The van der Waals surface area contributed by atoms with Gasteiger partial charge in [-0.25, -0.2) is 0 Å². The van der Waals surface area contributed by atoms with Crippen molar-refractivity contribution in [3.05, 3.63) is 51.3 Å². The molecule has 1 amide bonds. The van der Waals surface area contributed by atoms with Crippen molar-refractivity contribution in [1.82, 2.24) is 5.32 Å². The maximum absolute atomic E-state index is 11.5. The van der Waals surface area contributed by atoms with Crippen LogP contribution >= 0.6 is 22.6 Å². The highest BCUT2D eigenvalue weighted by atomic mass is 127. The quantitative estimate of drug-likeness (QED) is 0.669. The van der Waals surface area contributed by atoms with Gasteiger partial charge in [0.15, 0.2) is 0 Å². The zero-order valence-corrected chi connectivity index (χ0v) is 11.3. The van der Waals surface area contributed by atoms with Gasteiger partial charge in [-0.1, -0.05) is 12.1 Å². The molecule has 16 heavy (non-hydrogen) atoms. The number of hydrogen-bond donors (Lipinski definition) is 1. The second kappa shape index (κ2) is 7.25. The van der Waals surface area contributed by atoms with E-state index in [9.17, 15) is 4.79 Å². The predicted octanol–water partition coefficient (Wildman–Crippen LogP) is 2.68. The van der Waals surface area contributed by atoms with Crippen LogP contribution in [0.4, 0.5) is 0 Å². The lowest BCUT2D eigenvalue weighted by atomic mass is 10.1. The normalized spacial score (nSPS) is 9.12. The van der Waals surface area contributed by atoms with Crippen molar-refractivity contribution in [2.45, 2.75) is 13.3 Å². The van der Waals surface area contributed by atoms with E-state index in [0.717, 1.165) is 5.56 Å². The summed E-state index contributed by atoms with van der Waals surface area (Å²) < 4.78 is 1.18. The minimum absolute atomic E-state index is 0.0374. The summed E-state index contributed by atoms with van der Waals surface area (Å²) in [4.78, 5) is 11.5. The minimum atomic E-state index is 0.0374. The summed E-state index contributed by atoms with van der Waals surface area (Å²) in [6, 6.07) is 7.96. The van der Waals surface area contributed by atoms with Gasteiger partial charge in [0.05, 0.1) is 6.42 Å². The molecule has 0 fully saturated rings. The topological polar surface area (TPSA) is 29.1 Å². The van der Waals surface area contributed by atoms with Crippen molar-refractivity contribution in [2.75, 3.05) is 6.54 Å². The zero-order valence-electron chi connectivity index (χ0n) is 9.16. The van der Waals surface area contributed by atoms with E-state index < -0.39 is 0 Å². The fraction of sp³-hybridized carbons (Fsp3) is 0.231. The van der Waals surface area contributed by atoms with Crippen LogP contribution in [0.15, 0.2) is 42.1 Å². The summed E-state index contributed by atoms with van der Waals surface area (Å²) in [6.07, 6.45) is 4.04. The molecule has 0 spiro atoms. The first-order valence-corrected chi connectivity index (χ1v) is 6.17. The number of amides is 1. The van der Waals surface area contributed by atoms with Crippen LogP contribution in [-0.2, 0) is 11.2 Å². The maximum Gasteiger partial charge on any atom is 0.224 e. The predicted molar refractivity (Wildman–Crippen MR) is 74.2 cm³/mol. The highest BCUT2D eigenvalue weighted by molar-refractivity contribution is 14.1. The van der Waals surface area contributed by atoms with Gasteiger partial charge in [-0.3, -0.25) is 4.79 Å². The standard InChI is InChI=1S/C13H14INO/c1-2-3-4-9-15-13(16)10-11-5-7-12(14)8-6-11/h2,4-8H,9-10H2,1H3,(H,15,16). The monoisotopic (exact) mass is 327 g/mol. The first-order valence-electron chi connectivity index (χ1n) is 5.09. The van der Waals surface area contributed by atoms with Crippen molar-refractivity contribution in [2.24, 2.45) is 0 Å². The van der Waals surface area contributed by atoms with E-state index in [1.54, 1.807) is 6.08 Å². The lowest BCUT2D eigenvalue weighted by molar-refractivity contribution is -0.120. The molecule has 2 nitrogen and oxygen atoms in total. The summed E-state index contributed by atoms with van der Waals surface area (Å²) in [6.45, 7) is 2.43. The third kappa shape index (κ3) is 5.14. The van der Waals surface area contributed by atoms with E-state index in [1.807, 2.05) is 37.3 Å². The Morgan fingerprint density at radius 3 is 2.75 bits per heavy atom. The summed E-state index contributed by atoms with van der Waals surface area (Å²) in [7, 11) is 0. The average Bonchev–Trinajstić information content (AvgIpc) is 2.28. The van der Waals surface area contributed by atoms with E-state index in [1.165, 1.54) is 3.57 Å². The third-order valence-corrected chi connectivity index (χ3v) is 2.68. The van der Waals surface area contributed by atoms with E-state index >= 15 is 0 Å². The first-order chi connectivity index (χ1) is 7.72. The number of benzene rings is 1. The Morgan fingerprint density at radius 2 is 2.12 bits per heavy atom. The molecule has 3 heteroatoms. The van der Waals surface area contributed by atoms with Crippen LogP contribution in [0.1, 0.15) is 12.5 Å². The van der Waals surface area contributed by atoms with Crippen LogP contribution in [-0.4, -0.2) is 12.5 Å². The molecule has 0 saturated heterocycles. The van der Waals surface area contributed by atoms with Crippen LogP contribution in [0.2, 0.25) is 0 Å². The van der Waals surface area contributed by atoms with E-state index in [4.69, 9.17) is 0 Å². The smallest absolute Gasteiger partial charge is 0.224 e. The lowest BCUT2D eigenvalue weighted by Gasteiger charge is -2.02. The Balaban J connectivity index is 2.39. The van der Waals surface area contributed by atoms with Crippen LogP contribution in [0.5, 0.6) is 0 Å². The molecule has 1 aromatic carbocycles. The Kier molecular flexibility index (Phi) is 5.90. The van der Waals surface area contributed by atoms with Gasteiger partial charge in [-0.05, 0) is 59.4 Å². The largest absolute Gasteiger partial charge is 0.352 e. The molecule has 0 aliphatic heterocycles. The Morgan fingerprint density at radius 1 is 1.44 bits per heavy atom. The molecule has 0 radical (unpaired) electrons. The number of hydrogen-bond acceptors (Lipinski definition) is 1. The molecular weight excluding hydrogens is 313 g/mol. The Labute approximate surface area is 110 Å². The molecule has 1 N–H and O–H groups in total. The summed E-state index contributed by atoms with van der Waals surface area (Å²) in [5, 5.41) is 2.80. The highest BCUT2D eigenvalue weighted by Crippen LogP contribution is 2.07. The number of rotatable bonds is 4. The van der Waals surface area contributed by atoms with Gasteiger partial charge in [0.1, 0.15) is 0 Å². The summed E-state index contributed by atoms with van der Waals surface area (Å²) in [5.41, 5.74) is 3.94. The summed E-state index contributed by atoms with van der Waals surface area (Å²) >= 11 is 2.24. The fourth-order valence-electron chi connectivity index (χ4n) is 1.19. The lowest BCUT2D eigenvalue weighted by Crippen LogP contribution is -2.24. The molecular formula is C13H14INO. The average molecular weight is 327 g/mol. The molecule has 0 unspecified atom stereocenters. The first kappa shape index (κ1) is 13.0. The SMILES string of the molecule is CC=C=CCNC(=O)Cc1ccc(I)cc1. The van der Waals surface area contributed by atoms with Crippen molar-refractivity contribution in [3.63, 3.8) is 0 Å². The van der Waals surface area contributed by atoms with E-state index in [2.05, 4.69) is 33.6 Å². The molecule has 0 aromatic heterocycles. The molecule has 0 saturated carbocycles. The third-order valence-electron chi connectivity index (χ3n) is 1.96. The molecule has 0 aliphatic rings. The van der Waals surface area contributed by atoms with Crippen LogP contribution in [0.25, 0.3) is 0 Å². The van der Waals surface area contributed by atoms with Crippen LogP contribution in [0, 0.1) is 3.57 Å². The molecule has 0 atom stereocenters. The van der Waals surface area contributed by atoms with E-state index in [0.29, 0.717) is 13.0 Å².